The molecule has 0 bridgehead atoms. The van der Waals surface area contributed by atoms with E-state index in [-0.39, 0.29) is 17.7 Å². The number of hydrogen-bond acceptors (Lipinski definition) is 3. The number of nitrogens with one attached hydrogen (secondary N) is 1. The fourth-order valence-electron chi connectivity index (χ4n) is 2.73. The Balaban J connectivity index is 2.34. The predicted octanol–water partition coefficient (Wildman–Crippen LogP) is 2.41. The Morgan fingerprint density at radius 3 is 2.43 bits per heavy atom. The molecule has 2 aromatic carbocycles. The van der Waals surface area contributed by atoms with Crippen LogP contribution in [0.2, 0.25) is 0 Å². The molecule has 5 heteroatoms. The first-order chi connectivity index (χ1) is 10.0. The highest BCUT2D eigenvalue weighted by atomic mass is 16.2. The summed E-state index contributed by atoms with van der Waals surface area (Å²) in [7, 11) is 0. The summed E-state index contributed by atoms with van der Waals surface area (Å²) in [5, 5.41) is 4.17. The SMILES string of the molecule is CCN1C(=O)c2cc(NC(C)=O)c3ccccc3c2C1=O. The molecule has 0 saturated carbocycles. The van der Waals surface area contributed by atoms with E-state index in [0.717, 1.165) is 5.39 Å². The third-order valence-electron chi connectivity index (χ3n) is 3.61. The standard InChI is InChI=1S/C16H14N2O3/c1-3-18-15(20)12-8-13(17-9(2)19)10-6-4-5-7-11(10)14(12)16(18)21/h4-8H,3H2,1-2H3,(H,17,19). The minimum absolute atomic E-state index is 0.218. The molecule has 1 N–H and O–H groups in total. The number of hydrogen-bond donors (Lipinski definition) is 1. The van der Waals surface area contributed by atoms with Gasteiger partial charge in [0.15, 0.2) is 0 Å². The van der Waals surface area contributed by atoms with Gasteiger partial charge in [-0.2, -0.15) is 0 Å². The van der Waals surface area contributed by atoms with E-state index in [0.29, 0.717) is 28.7 Å². The van der Waals surface area contributed by atoms with Crippen LogP contribution in [0.1, 0.15) is 34.6 Å². The average molecular weight is 282 g/mol. The largest absolute Gasteiger partial charge is 0.326 e. The van der Waals surface area contributed by atoms with Crippen LogP contribution in [-0.4, -0.2) is 29.2 Å². The molecule has 3 amide bonds. The van der Waals surface area contributed by atoms with E-state index < -0.39 is 0 Å². The zero-order chi connectivity index (χ0) is 15.1. The molecule has 1 aliphatic heterocycles. The highest BCUT2D eigenvalue weighted by molar-refractivity contribution is 6.28. The molecule has 0 unspecified atom stereocenters. The van der Waals surface area contributed by atoms with Gasteiger partial charge in [-0.25, -0.2) is 0 Å². The number of amides is 3. The molecule has 3 rings (SSSR count). The Morgan fingerprint density at radius 1 is 1.14 bits per heavy atom. The monoisotopic (exact) mass is 282 g/mol. The van der Waals surface area contributed by atoms with Crippen LogP contribution in [-0.2, 0) is 4.79 Å². The first-order valence-electron chi connectivity index (χ1n) is 6.74. The molecule has 1 aliphatic rings. The topological polar surface area (TPSA) is 66.5 Å². The summed E-state index contributed by atoms with van der Waals surface area (Å²) < 4.78 is 0. The zero-order valence-corrected chi connectivity index (χ0v) is 11.8. The van der Waals surface area contributed by atoms with Crippen LogP contribution < -0.4 is 5.32 Å². The first-order valence-corrected chi connectivity index (χ1v) is 6.74. The summed E-state index contributed by atoms with van der Waals surface area (Å²) in [4.78, 5) is 37.3. The molecule has 0 spiro atoms. The lowest BCUT2D eigenvalue weighted by Gasteiger charge is -2.10. The van der Waals surface area contributed by atoms with Crippen molar-refractivity contribution in [2.24, 2.45) is 0 Å². The van der Waals surface area contributed by atoms with Gasteiger partial charge in [0.25, 0.3) is 11.8 Å². The summed E-state index contributed by atoms with van der Waals surface area (Å²) in [6, 6.07) is 8.86. The summed E-state index contributed by atoms with van der Waals surface area (Å²) in [5.41, 5.74) is 1.33. The van der Waals surface area contributed by atoms with Crippen molar-refractivity contribution >= 4 is 34.2 Å². The summed E-state index contributed by atoms with van der Waals surface area (Å²) in [6.45, 7) is 3.50. The van der Waals surface area contributed by atoms with Crippen molar-refractivity contribution in [3.63, 3.8) is 0 Å². The summed E-state index contributed by atoms with van der Waals surface area (Å²) in [6.07, 6.45) is 0. The molecule has 0 saturated heterocycles. The van der Waals surface area contributed by atoms with Gasteiger partial charge in [-0.15, -0.1) is 0 Å². The fourth-order valence-corrected chi connectivity index (χ4v) is 2.73. The van der Waals surface area contributed by atoms with Gasteiger partial charge in [0.2, 0.25) is 5.91 Å². The maximum Gasteiger partial charge on any atom is 0.262 e. The maximum absolute atomic E-state index is 12.4. The fraction of sp³-hybridized carbons (Fsp3) is 0.188. The van der Waals surface area contributed by atoms with Crippen molar-refractivity contribution < 1.29 is 14.4 Å². The van der Waals surface area contributed by atoms with Gasteiger partial charge in [0.1, 0.15) is 0 Å². The van der Waals surface area contributed by atoms with E-state index in [1.807, 2.05) is 18.2 Å². The van der Waals surface area contributed by atoms with E-state index in [4.69, 9.17) is 0 Å². The van der Waals surface area contributed by atoms with Gasteiger partial charge < -0.3 is 5.32 Å². The molecule has 5 nitrogen and oxygen atoms in total. The van der Waals surface area contributed by atoms with Crippen LogP contribution in [0.4, 0.5) is 5.69 Å². The Morgan fingerprint density at radius 2 is 1.81 bits per heavy atom. The maximum atomic E-state index is 12.4. The second kappa shape index (κ2) is 4.70. The summed E-state index contributed by atoms with van der Waals surface area (Å²) >= 11 is 0. The van der Waals surface area contributed by atoms with E-state index in [2.05, 4.69) is 5.32 Å². The van der Waals surface area contributed by atoms with Crippen molar-refractivity contribution in [2.75, 3.05) is 11.9 Å². The second-order valence-electron chi connectivity index (χ2n) is 4.93. The van der Waals surface area contributed by atoms with Crippen molar-refractivity contribution in [1.29, 1.82) is 0 Å². The zero-order valence-electron chi connectivity index (χ0n) is 11.8. The van der Waals surface area contributed by atoms with Gasteiger partial charge in [0, 0.05) is 24.5 Å². The van der Waals surface area contributed by atoms with Crippen LogP contribution in [0.3, 0.4) is 0 Å². The van der Waals surface area contributed by atoms with Gasteiger partial charge >= 0.3 is 0 Å². The highest BCUT2D eigenvalue weighted by Crippen LogP contribution is 2.35. The van der Waals surface area contributed by atoms with Gasteiger partial charge in [-0.1, -0.05) is 24.3 Å². The van der Waals surface area contributed by atoms with Crippen LogP contribution in [0.15, 0.2) is 30.3 Å². The molecule has 2 aromatic rings. The van der Waals surface area contributed by atoms with Crippen LogP contribution in [0, 0.1) is 0 Å². The van der Waals surface area contributed by atoms with Crippen LogP contribution in [0.25, 0.3) is 10.8 Å². The number of carbonyl (C=O) groups excluding carboxylic acids is 3. The number of carbonyl (C=O) groups is 3. The number of nitrogens with zero attached hydrogens (tertiary/aromatic N) is 1. The number of rotatable bonds is 2. The molecular weight excluding hydrogens is 268 g/mol. The van der Waals surface area contributed by atoms with Crippen molar-refractivity contribution in [3.8, 4) is 0 Å². The highest BCUT2D eigenvalue weighted by Gasteiger charge is 2.36. The third kappa shape index (κ3) is 1.89. The minimum atomic E-state index is -0.310. The Bertz CT molecular complexity index is 795. The smallest absolute Gasteiger partial charge is 0.262 e. The molecule has 106 valence electrons. The van der Waals surface area contributed by atoms with Crippen LogP contribution in [0.5, 0.6) is 0 Å². The number of benzene rings is 2. The van der Waals surface area contributed by atoms with Crippen LogP contribution >= 0.6 is 0 Å². The number of fused-ring (bicyclic) bond motifs is 3. The first kappa shape index (κ1) is 13.3. The molecular formula is C16H14N2O3. The molecule has 1 heterocycles. The molecule has 0 radical (unpaired) electrons. The second-order valence-corrected chi connectivity index (χ2v) is 4.93. The summed E-state index contributed by atoms with van der Waals surface area (Å²) in [5.74, 6) is -0.804. The lowest BCUT2D eigenvalue weighted by Crippen LogP contribution is -2.29. The van der Waals surface area contributed by atoms with Gasteiger partial charge in [-0.05, 0) is 18.4 Å². The molecule has 21 heavy (non-hydrogen) atoms. The lowest BCUT2D eigenvalue weighted by atomic mass is 9.98. The van der Waals surface area contributed by atoms with E-state index in [9.17, 15) is 14.4 Å². The van der Waals surface area contributed by atoms with Crippen molar-refractivity contribution in [3.05, 3.63) is 41.5 Å². The quantitative estimate of drug-likeness (QED) is 0.860. The van der Waals surface area contributed by atoms with E-state index >= 15 is 0 Å². The van der Waals surface area contributed by atoms with Gasteiger partial charge in [-0.3, -0.25) is 19.3 Å². The lowest BCUT2D eigenvalue weighted by molar-refractivity contribution is -0.114. The molecule has 0 fully saturated rings. The van der Waals surface area contributed by atoms with Crippen molar-refractivity contribution in [2.45, 2.75) is 13.8 Å². The number of anilines is 1. The van der Waals surface area contributed by atoms with Gasteiger partial charge in [0.05, 0.1) is 11.1 Å². The third-order valence-corrected chi connectivity index (χ3v) is 3.61. The predicted molar refractivity (Wildman–Crippen MR) is 79.3 cm³/mol. The molecule has 0 atom stereocenters. The minimum Gasteiger partial charge on any atom is -0.326 e. The van der Waals surface area contributed by atoms with E-state index in [1.165, 1.54) is 11.8 Å². The van der Waals surface area contributed by atoms with E-state index in [1.54, 1.807) is 19.1 Å². The molecule has 0 aromatic heterocycles. The average Bonchev–Trinajstić information content (AvgIpc) is 2.70. The molecule has 0 aliphatic carbocycles. The Hall–Kier alpha value is -2.69. The normalized spacial score (nSPS) is 13.7. The number of imide groups is 1. The Labute approximate surface area is 121 Å². The Kier molecular flexibility index (Phi) is 2.97. The van der Waals surface area contributed by atoms with Crippen molar-refractivity contribution in [1.82, 2.24) is 4.90 Å².